The summed E-state index contributed by atoms with van der Waals surface area (Å²) in [7, 11) is -7.28. The van der Waals surface area contributed by atoms with E-state index in [1.165, 1.54) is 0 Å². The van der Waals surface area contributed by atoms with E-state index in [0.717, 1.165) is 0 Å². The minimum Gasteiger partial charge on any atom is -0.871 e. The molecule has 0 radical (unpaired) electrons. The first-order chi connectivity index (χ1) is 3.73. The smallest absolute Gasteiger partial charge is 0.871 e. The normalized spacial score (nSPS) is 8.70. The number of hydrogen-bond donors (Lipinski definition) is 5. The van der Waals surface area contributed by atoms with Crippen LogP contribution in [0, 0.1) is 0 Å². The molecule has 10 heavy (non-hydrogen) atoms. The Bertz CT molecular complexity index is 50.4. The first kappa shape index (κ1) is 17.4. The minimum absolute atomic E-state index is 0. The second-order valence-corrected chi connectivity index (χ2v) is 2.11. The molecule has 0 amide bonds. The van der Waals surface area contributed by atoms with Gasteiger partial charge in [-0.15, -0.1) is 0 Å². The van der Waals surface area contributed by atoms with E-state index in [9.17, 15) is 0 Å². The van der Waals surface area contributed by atoms with Crippen molar-refractivity contribution in [3.8, 4) is 0 Å². The van der Waals surface area contributed by atoms with Crippen molar-refractivity contribution in [3.05, 3.63) is 0 Å². The van der Waals surface area contributed by atoms with Gasteiger partial charge in [-0.05, 0) is 0 Å². The van der Waals surface area contributed by atoms with Gasteiger partial charge in [-0.3, -0.25) is 0 Å². The molecule has 0 rings (SSSR count). The SMILES string of the molecule is O[Si](O)(O)O.[Ca+2].[O-]B([O-])O. The van der Waals surface area contributed by atoms with Gasteiger partial charge >= 0.3 is 46.8 Å². The van der Waals surface area contributed by atoms with Gasteiger partial charge in [0.05, 0.1) is 7.32 Å². The average Bonchev–Trinajstić information content (AvgIpc) is 1.19. The molecule has 7 nitrogen and oxygen atoms in total. The van der Waals surface area contributed by atoms with Crippen molar-refractivity contribution in [2.75, 3.05) is 0 Å². The molecule has 0 aliphatic heterocycles. The zero-order chi connectivity index (χ0) is 8.08. The van der Waals surface area contributed by atoms with Crippen LogP contribution in [0.15, 0.2) is 0 Å². The third kappa shape index (κ3) is 397. The van der Waals surface area contributed by atoms with Crippen LogP contribution in [0.1, 0.15) is 0 Å². The van der Waals surface area contributed by atoms with E-state index in [0.29, 0.717) is 0 Å². The second-order valence-electron chi connectivity index (χ2n) is 0.907. The Kier molecular flexibility index (Phi) is 14.5. The van der Waals surface area contributed by atoms with Gasteiger partial charge in [-0.2, -0.15) is 0 Å². The van der Waals surface area contributed by atoms with Gasteiger partial charge in [0.25, 0.3) is 0 Å². The zero-order valence-corrected chi connectivity index (χ0v) is 8.05. The van der Waals surface area contributed by atoms with Gasteiger partial charge in [0, 0.05) is 0 Å². The topological polar surface area (TPSA) is 147 Å². The molecule has 56 valence electrons. The summed E-state index contributed by atoms with van der Waals surface area (Å²) in [5, 5.41) is 24.0. The van der Waals surface area contributed by atoms with Crippen molar-refractivity contribution in [1.82, 2.24) is 0 Å². The van der Waals surface area contributed by atoms with E-state index >= 15 is 0 Å². The van der Waals surface area contributed by atoms with E-state index in [1.54, 1.807) is 0 Å². The summed E-state index contributed by atoms with van der Waals surface area (Å²) in [6, 6.07) is 0. The van der Waals surface area contributed by atoms with Crippen LogP contribution >= 0.6 is 0 Å². The van der Waals surface area contributed by atoms with E-state index in [1.807, 2.05) is 0 Å². The number of rotatable bonds is 0. The second kappa shape index (κ2) is 8.36. The Balaban J connectivity index is -0.0000000910. The van der Waals surface area contributed by atoms with Gasteiger partial charge in [0.1, 0.15) is 0 Å². The molecule has 0 atom stereocenters. The van der Waals surface area contributed by atoms with Gasteiger partial charge in [0.2, 0.25) is 0 Å². The van der Waals surface area contributed by atoms with Gasteiger partial charge in [-0.25, -0.2) is 0 Å². The summed E-state index contributed by atoms with van der Waals surface area (Å²) in [5.41, 5.74) is 0. The predicted molar refractivity (Wildman–Crippen MR) is 28.4 cm³/mol. The van der Waals surface area contributed by atoms with Crippen LogP contribution in [0.4, 0.5) is 0 Å². The molecule has 0 aromatic heterocycles. The fraction of sp³-hybridized carbons (Fsp3) is 0. The quantitative estimate of drug-likeness (QED) is 0.242. The van der Waals surface area contributed by atoms with Crippen LogP contribution in [0.2, 0.25) is 0 Å². The van der Waals surface area contributed by atoms with Gasteiger partial charge in [-0.1, -0.05) is 0 Å². The Hall–Kier alpha value is 1.26. The molecular formula is H5BCaO7Si. The average molecular weight is 196 g/mol. The fourth-order valence-corrected chi connectivity index (χ4v) is 0. The predicted octanol–water partition coefficient (Wildman–Crippen LogP) is -6.31. The Morgan fingerprint density at radius 2 is 1.00 bits per heavy atom. The van der Waals surface area contributed by atoms with Crippen molar-refractivity contribution >= 4 is 54.1 Å². The summed E-state index contributed by atoms with van der Waals surface area (Å²) in [6.07, 6.45) is 0. The maximum Gasteiger partial charge on any atom is 2.00 e. The maximum absolute atomic E-state index is 8.53. The Morgan fingerprint density at radius 1 is 1.00 bits per heavy atom. The van der Waals surface area contributed by atoms with E-state index in [-0.39, 0.29) is 37.7 Å². The standard InChI is InChI=1S/BHO3.Ca.H4O4Si/c2-1(3)4;;1-5(2,3)4/h2H;;1-4H/q-2;+2;. The number of hydrogen-bond acceptors (Lipinski definition) is 7. The van der Waals surface area contributed by atoms with Crippen LogP contribution in [0.5, 0.6) is 0 Å². The third-order valence-electron chi connectivity index (χ3n) is 0. The summed E-state index contributed by atoms with van der Waals surface area (Å²) in [5.74, 6) is 0. The molecule has 10 heteroatoms. The van der Waals surface area contributed by atoms with Crippen molar-refractivity contribution in [3.63, 3.8) is 0 Å². The van der Waals surface area contributed by atoms with Crippen molar-refractivity contribution in [1.29, 1.82) is 0 Å². The Morgan fingerprint density at radius 3 is 1.00 bits per heavy atom. The molecule has 0 aromatic rings. The molecule has 0 unspecified atom stereocenters. The van der Waals surface area contributed by atoms with Crippen molar-refractivity contribution in [2.45, 2.75) is 0 Å². The van der Waals surface area contributed by atoms with E-state index in [4.69, 9.17) is 34.3 Å². The van der Waals surface area contributed by atoms with E-state index in [2.05, 4.69) is 0 Å². The molecule has 0 saturated carbocycles. The summed E-state index contributed by atoms with van der Waals surface area (Å²) in [4.78, 5) is 29.3. The molecule has 0 aliphatic carbocycles. The molecule has 0 heterocycles. The van der Waals surface area contributed by atoms with Crippen LogP contribution < -0.4 is 10.0 Å². The minimum atomic E-state index is -4.61. The van der Waals surface area contributed by atoms with Crippen molar-refractivity contribution < 1.29 is 34.3 Å². The summed E-state index contributed by atoms with van der Waals surface area (Å²) >= 11 is 0. The van der Waals surface area contributed by atoms with Crippen LogP contribution in [0.3, 0.4) is 0 Å². The maximum atomic E-state index is 8.53. The molecular weight excluding hydrogens is 191 g/mol. The summed E-state index contributed by atoms with van der Waals surface area (Å²) < 4.78 is 0. The summed E-state index contributed by atoms with van der Waals surface area (Å²) in [6.45, 7) is 0. The molecule has 0 aromatic carbocycles. The van der Waals surface area contributed by atoms with Crippen molar-refractivity contribution in [2.24, 2.45) is 0 Å². The molecule has 0 fully saturated rings. The molecule has 0 bridgehead atoms. The molecule has 5 N–H and O–H groups in total. The third-order valence-corrected chi connectivity index (χ3v) is 0. The molecule has 0 saturated heterocycles. The fourth-order valence-electron chi connectivity index (χ4n) is 0. The monoisotopic (exact) mass is 196 g/mol. The van der Waals surface area contributed by atoms with Crippen LogP contribution in [-0.2, 0) is 0 Å². The first-order valence-electron chi connectivity index (χ1n) is 1.62. The first-order valence-corrected chi connectivity index (χ1v) is 3.41. The van der Waals surface area contributed by atoms with E-state index < -0.39 is 16.4 Å². The molecule has 0 spiro atoms. The van der Waals surface area contributed by atoms with Gasteiger partial charge < -0.3 is 34.3 Å². The largest absolute Gasteiger partial charge is 2.00 e. The Labute approximate surface area is 87.9 Å². The van der Waals surface area contributed by atoms with Crippen LogP contribution in [0.25, 0.3) is 0 Å². The zero-order valence-electron chi connectivity index (χ0n) is 4.84. The van der Waals surface area contributed by atoms with Crippen LogP contribution in [-0.4, -0.2) is 78.3 Å². The van der Waals surface area contributed by atoms with Gasteiger partial charge in [0.15, 0.2) is 0 Å². The molecule has 0 aliphatic rings.